The van der Waals surface area contributed by atoms with Crippen LogP contribution in [0.5, 0.6) is 0 Å². The lowest BCUT2D eigenvalue weighted by molar-refractivity contribution is -0.137. The fraction of sp³-hybridized carbons (Fsp3) is 0.474. The summed E-state index contributed by atoms with van der Waals surface area (Å²) in [4.78, 5) is 25.6. The fourth-order valence-electron chi connectivity index (χ4n) is 2.69. The molecule has 1 amide bonds. The van der Waals surface area contributed by atoms with E-state index in [1.165, 1.54) is 17.3 Å². The number of carbonyl (C=O) groups excluding carboxylic acids is 1. The molecule has 1 fully saturated rings. The highest BCUT2D eigenvalue weighted by Crippen LogP contribution is 2.38. The van der Waals surface area contributed by atoms with Crippen LogP contribution >= 0.6 is 24.4 Å². The van der Waals surface area contributed by atoms with E-state index in [4.69, 9.17) is 5.11 Å². The van der Waals surface area contributed by atoms with Crippen LogP contribution in [0.3, 0.4) is 0 Å². The molecule has 0 aromatic heterocycles. The minimum Gasteiger partial charge on any atom is -0.481 e. The Morgan fingerprint density at radius 3 is 2.56 bits per heavy atom. The Labute approximate surface area is 159 Å². The highest BCUT2D eigenvalue weighted by atomic mass is 32.2. The molecule has 1 saturated heterocycles. The van der Waals surface area contributed by atoms with Gasteiger partial charge in [0.15, 0.2) is 0 Å². The lowest BCUT2D eigenvalue weighted by Crippen LogP contribution is -2.30. The predicted molar refractivity (Wildman–Crippen MR) is 107 cm³/mol. The van der Waals surface area contributed by atoms with Crippen LogP contribution in [0.15, 0.2) is 29.2 Å². The van der Waals surface area contributed by atoms with E-state index in [2.05, 4.69) is 31.7 Å². The SMILES string of the molecule is CCc1ccc(/C=C2\SC(S)N(CCCCCCC(=O)O)C2=O)cc1. The van der Waals surface area contributed by atoms with Crippen molar-refractivity contribution >= 4 is 42.3 Å². The van der Waals surface area contributed by atoms with Crippen molar-refractivity contribution < 1.29 is 14.7 Å². The van der Waals surface area contributed by atoms with Crippen LogP contribution in [0, 0.1) is 0 Å². The number of thioether (sulfide) groups is 1. The van der Waals surface area contributed by atoms with Gasteiger partial charge in [0, 0.05) is 13.0 Å². The molecule has 0 spiro atoms. The molecule has 1 aromatic carbocycles. The number of hydrogen-bond acceptors (Lipinski definition) is 4. The van der Waals surface area contributed by atoms with Gasteiger partial charge in [0.1, 0.15) is 4.71 Å². The molecule has 2 rings (SSSR count). The third-order valence-electron chi connectivity index (χ3n) is 4.20. The van der Waals surface area contributed by atoms with Gasteiger partial charge in [-0.2, -0.15) is 0 Å². The first-order valence-corrected chi connectivity index (χ1v) is 10.1. The Hall–Kier alpha value is -1.40. The van der Waals surface area contributed by atoms with Crippen molar-refractivity contribution in [1.82, 2.24) is 4.90 Å². The van der Waals surface area contributed by atoms with Crippen molar-refractivity contribution in [3.8, 4) is 0 Å². The van der Waals surface area contributed by atoms with Crippen molar-refractivity contribution in [2.24, 2.45) is 0 Å². The maximum atomic E-state index is 12.6. The summed E-state index contributed by atoms with van der Waals surface area (Å²) in [5.74, 6) is -0.710. The van der Waals surface area contributed by atoms with E-state index in [-0.39, 0.29) is 17.0 Å². The van der Waals surface area contributed by atoms with Gasteiger partial charge in [0.05, 0.1) is 4.91 Å². The maximum Gasteiger partial charge on any atom is 0.303 e. The van der Waals surface area contributed by atoms with E-state index in [1.54, 1.807) is 4.90 Å². The summed E-state index contributed by atoms with van der Waals surface area (Å²) in [5.41, 5.74) is 2.31. The second-order valence-electron chi connectivity index (χ2n) is 6.10. The number of hydrogen-bond donors (Lipinski definition) is 2. The smallest absolute Gasteiger partial charge is 0.303 e. The van der Waals surface area contributed by atoms with Crippen LogP contribution in [0.2, 0.25) is 0 Å². The summed E-state index contributed by atoms with van der Waals surface area (Å²) in [6.45, 7) is 2.79. The molecule has 0 radical (unpaired) electrons. The third kappa shape index (κ3) is 6.12. The lowest BCUT2D eigenvalue weighted by atomic mass is 10.1. The number of carboxylic acid groups (broad SMARTS) is 1. The van der Waals surface area contributed by atoms with Crippen molar-refractivity contribution in [1.29, 1.82) is 0 Å². The quantitative estimate of drug-likeness (QED) is 0.379. The number of thiol groups is 1. The Kier molecular flexibility index (Phi) is 7.90. The van der Waals surface area contributed by atoms with Crippen molar-refractivity contribution in [3.63, 3.8) is 0 Å². The van der Waals surface area contributed by atoms with E-state index >= 15 is 0 Å². The number of aliphatic carboxylic acids is 1. The lowest BCUT2D eigenvalue weighted by Gasteiger charge is -2.18. The standard InChI is InChI=1S/C19H25NO3S2/c1-2-14-8-10-15(11-9-14)13-16-18(23)20(19(24)25-16)12-6-4-3-5-7-17(21)22/h8-11,13,19,24H,2-7,12H2,1H3,(H,21,22)/b16-13-. The first-order valence-electron chi connectivity index (χ1n) is 8.69. The van der Waals surface area contributed by atoms with E-state index in [0.29, 0.717) is 13.0 Å². The van der Waals surface area contributed by atoms with E-state index in [1.807, 2.05) is 18.2 Å². The molecule has 136 valence electrons. The average molecular weight is 380 g/mol. The first-order chi connectivity index (χ1) is 12.0. The summed E-state index contributed by atoms with van der Waals surface area (Å²) < 4.78 is -0.146. The average Bonchev–Trinajstić information content (AvgIpc) is 2.85. The minimum atomic E-state index is -0.747. The zero-order valence-corrected chi connectivity index (χ0v) is 16.2. The van der Waals surface area contributed by atoms with Gasteiger partial charge in [0.2, 0.25) is 0 Å². The Morgan fingerprint density at radius 1 is 1.24 bits per heavy atom. The van der Waals surface area contributed by atoms with Gasteiger partial charge in [-0.15, -0.1) is 12.6 Å². The van der Waals surface area contributed by atoms with Crippen LogP contribution in [-0.2, 0) is 16.0 Å². The molecule has 1 aliphatic rings. The number of aryl methyl sites for hydroxylation is 1. The highest BCUT2D eigenvalue weighted by Gasteiger charge is 2.33. The van der Waals surface area contributed by atoms with Crippen LogP contribution in [-0.4, -0.2) is 33.1 Å². The zero-order chi connectivity index (χ0) is 18.2. The molecule has 0 saturated carbocycles. The Bertz CT molecular complexity index is 628. The largest absolute Gasteiger partial charge is 0.481 e. The second kappa shape index (κ2) is 9.92. The molecule has 1 heterocycles. The fourth-order valence-corrected chi connectivity index (χ4v) is 4.23. The van der Waals surface area contributed by atoms with Gasteiger partial charge < -0.3 is 10.0 Å². The number of carboxylic acids is 1. The highest BCUT2D eigenvalue weighted by molar-refractivity contribution is 8.14. The maximum absolute atomic E-state index is 12.6. The van der Waals surface area contributed by atoms with Gasteiger partial charge >= 0.3 is 5.97 Å². The summed E-state index contributed by atoms with van der Waals surface area (Å²) in [5, 5.41) is 8.62. The molecular formula is C19H25NO3S2. The van der Waals surface area contributed by atoms with Crippen molar-refractivity contribution in [2.75, 3.05) is 6.54 Å². The molecule has 1 aliphatic heterocycles. The summed E-state index contributed by atoms with van der Waals surface area (Å²) >= 11 is 6.01. The molecule has 6 heteroatoms. The molecule has 0 bridgehead atoms. The molecular weight excluding hydrogens is 354 g/mol. The number of unbranched alkanes of at least 4 members (excludes halogenated alkanes) is 3. The monoisotopic (exact) mass is 379 g/mol. The predicted octanol–water partition coefficient (Wildman–Crippen LogP) is 4.41. The minimum absolute atomic E-state index is 0.0371. The van der Waals surface area contributed by atoms with Crippen LogP contribution < -0.4 is 0 Å². The van der Waals surface area contributed by atoms with Gasteiger partial charge in [-0.05, 0) is 36.5 Å². The second-order valence-corrected chi connectivity index (χ2v) is 8.06. The number of benzene rings is 1. The molecule has 1 unspecified atom stereocenters. The summed E-state index contributed by atoms with van der Waals surface area (Å²) in [7, 11) is 0. The third-order valence-corrected chi connectivity index (χ3v) is 5.80. The molecule has 25 heavy (non-hydrogen) atoms. The van der Waals surface area contributed by atoms with E-state index in [9.17, 15) is 9.59 Å². The van der Waals surface area contributed by atoms with Gasteiger partial charge in [-0.3, -0.25) is 9.59 Å². The zero-order valence-electron chi connectivity index (χ0n) is 14.5. The van der Waals surface area contributed by atoms with Crippen molar-refractivity contribution in [2.45, 2.75) is 50.2 Å². The van der Waals surface area contributed by atoms with Gasteiger partial charge in [0.25, 0.3) is 5.91 Å². The summed E-state index contributed by atoms with van der Waals surface area (Å²) in [6, 6.07) is 8.25. The van der Waals surface area contributed by atoms with Crippen molar-refractivity contribution in [3.05, 3.63) is 40.3 Å². The van der Waals surface area contributed by atoms with Gasteiger partial charge in [-0.25, -0.2) is 0 Å². The van der Waals surface area contributed by atoms with Crippen LogP contribution in [0.25, 0.3) is 6.08 Å². The number of rotatable bonds is 9. The van der Waals surface area contributed by atoms with Gasteiger partial charge in [-0.1, -0.05) is 55.8 Å². The number of carbonyl (C=O) groups is 2. The molecule has 4 nitrogen and oxygen atoms in total. The first kappa shape index (κ1) is 19.9. The Morgan fingerprint density at radius 2 is 1.92 bits per heavy atom. The molecule has 0 aliphatic carbocycles. The molecule has 1 N–H and O–H groups in total. The topological polar surface area (TPSA) is 57.6 Å². The summed E-state index contributed by atoms with van der Waals surface area (Å²) in [6.07, 6.45) is 6.54. The van der Waals surface area contributed by atoms with E-state index in [0.717, 1.165) is 36.2 Å². The Balaban J connectivity index is 1.85. The number of amides is 1. The van der Waals surface area contributed by atoms with Crippen LogP contribution in [0.4, 0.5) is 0 Å². The molecule has 1 aromatic rings. The van der Waals surface area contributed by atoms with Crippen LogP contribution in [0.1, 0.15) is 50.2 Å². The number of nitrogens with zero attached hydrogens (tertiary/aromatic N) is 1. The molecule has 1 atom stereocenters. The normalized spacial score (nSPS) is 19.0. The van der Waals surface area contributed by atoms with E-state index < -0.39 is 5.97 Å².